The minimum atomic E-state index is -0.321. The second-order valence-corrected chi connectivity index (χ2v) is 8.40. The molecule has 1 aromatic carbocycles. The van der Waals surface area contributed by atoms with Gasteiger partial charge in [-0.05, 0) is 41.4 Å². The average Bonchev–Trinajstić information content (AvgIpc) is 3.13. The number of benzene rings is 1. The molecular formula is C17H15BrN4OS2. The minimum Gasteiger partial charge on any atom is -0.298 e. The molecule has 0 aliphatic carbocycles. The van der Waals surface area contributed by atoms with Gasteiger partial charge < -0.3 is 0 Å². The Bertz CT molecular complexity index is 971. The van der Waals surface area contributed by atoms with Gasteiger partial charge in [-0.1, -0.05) is 34.6 Å². The smallest absolute Gasteiger partial charge is 0.276 e. The van der Waals surface area contributed by atoms with Crippen molar-refractivity contribution in [2.45, 2.75) is 19.5 Å². The molecule has 1 amide bonds. The molecule has 0 unspecified atom stereocenters. The van der Waals surface area contributed by atoms with Crippen LogP contribution in [0.1, 0.15) is 25.1 Å². The standard InChI is InChI=1S/C17H15BrN4OS2/c1-2-6-25-17-20-16(23)14-12-8-11(18)3-4-13(12)19-15(22(14)21-17)10-5-7-24-9-10/h3-5,7-9,15H,2,6H2,1H3,(H,20,21,23)/t15-/m1/s1. The van der Waals surface area contributed by atoms with Crippen LogP contribution in [0.5, 0.6) is 0 Å². The summed E-state index contributed by atoms with van der Waals surface area (Å²) < 4.78 is 0.908. The number of thiophene rings is 1. The van der Waals surface area contributed by atoms with Crippen molar-refractivity contribution >= 4 is 55.8 Å². The van der Waals surface area contributed by atoms with Crippen LogP contribution < -0.4 is 15.9 Å². The molecule has 2 aromatic rings. The number of fused-ring (bicyclic) bond motifs is 2. The monoisotopic (exact) mass is 434 g/mol. The Hall–Kier alpha value is -1.64. The van der Waals surface area contributed by atoms with Gasteiger partial charge in [0.1, 0.15) is 5.70 Å². The number of amidine groups is 1. The van der Waals surface area contributed by atoms with E-state index in [1.165, 1.54) is 0 Å². The van der Waals surface area contributed by atoms with Crippen molar-refractivity contribution in [2.24, 2.45) is 10.1 Å². The molecule has 8 heteroatoms. The van der Waals surface area contributed by atoms with Crippen molar-refractivity contribution in [2.75, 3.05) is 5.75 Å². The topological polar surface area (TPSA) is 57.1 Å². The summed E-state index contributed by atoms with van der Waals surface area (Å²) in [5.41, 5.74) is 1.58. The molecule has 0 fully saturated rings. The van der Waals surface area contributed by atoms with Crippen LogP contribution >= 0.6 is 39.0 Å². The first-order valence-electron chi connectivity index (χ1n) is 7.89. The number of hydrogen-bond donors (Lipinski definition) is 1. The second kappa shape index (κ2) is 6.93. The van der Waals surface area contributed by atoms with E-state index in [-0.39, 0.29) is 12.1 Å². The van der Waals surface area contributed by atoms with Crippen LogP contribution in [0.15, 0.2) is 49.6 Å². The summed E-state index contributed by atoms with van der Waals surface area (Å²) >= 11 is 6.65. The highest BCUT2D eigenvalue weighted by Crippen LogP contribution is 2.31. The molecule has 1 N–H and O–H groups in total. The fourth-order valence-electron chi connectivity index (χ4n) is 2.75. The third kappa shape index (κ3) is 3.14. The number of hydrazone groups is 1. The zero-order valence-electron chi connectivity index (χ0n) is 13.4. The predicted molar refractivity (Wildman–Crippen MR) is 106 cm³/mol. The molecule has 128 valence electrons. The maximum atomic E-state index is 12.9. The molecule has 3 heterocycles. The van der Waals surface area contributed by atoms with Crippen molar-refractivity contribution in [3.63, 3.8) is 0 Å². The lowest BCUT2D eigenvalue weighted by atomic mass is 10.1. The molecule has 0 spiro atoms. The molecule has 1 atom stereocenters. The number of halogens is 1. The molecule has 0 radical (unpaired) electrons. The van der Waals surface area contributed by atoms with E-state index in [9.17, 15) is 4.79 Å². The van der Waals surface area contributed by atoms with Crippen molar-refractivity contribution in [3.8, 4) is 0 Å². The molecular weight excluding hydrogens is 420 g/mol. The van der Waals surface area contributed by atoms with Gasteiger partial charge in [0.2, 0.25) is 0 Å². The number of thioether (sulfide) groups is 1. The van der Waals surface area contributed by atoms with Gasteiger partial charge in [-0.2, -0.15) is 11.3 Å². The summed E-state index contributed by atoms with van der Waals surface area (Å²) in [5, 5.41) is 15.7. The molecule has 1 aromatic heterocycles. The lowest BCUT2D eigenvalue weighted by molar-refractivity contribution is -0.116. The molecule has 5 nitrogen and oxygen atoms in total. The highest BCUT2D eigenvalue weighted by atomic mass is 79.9. The molecule has 0 bridgehead atoms. The fourth-order valence-corrected chi connectivity index (χ4v) is 4.49. The van der Waals surface area contributed by atoms with E-state index in [1.807, 2.05) is 29.6 Å². The number of amides is 1. The first-order valence-corrected chi connectivity index (χ1v) is 10.6. The molecule has 2 aliphatic heterocycles. The maximum Gasteiger partial charge on any atom is 0.276 e. The summed E-state index contributed by atoms with van der Waals surface area (Å²) in [6.45, 7) is 2.11. The Kier molecular flexibility index (Phi) is 4.66. The van der Waals surface area contributed by atoms with Crippen molar-refractivity contribution < 1.29 is 4.79 Å². The average molecular weight is 435 g/mol. The van der Waals surface area contributed by atoms with Gasteiger partial charge in [0.25, 0.3) is 5.91 Å². The van der Waals surface area contributed by atoms with E-state index in [0.29, 0.717) is 10.9 Å². The lowest BCUT2D eigenvalue weighted by Crippen LogP contribution is -2.50. The number of hydrogen-bond acceptors (Lipinski definition) is 6. The Morgan fingerprint density at radius 1 is 1.40 bits per heavy atom. The van der Waals surface area contributed by atoms with Crippen LogP contribution in [0.25, 0.3) is 5.70 Å². The van der Waals surface area contributed by atoms with Crippen LogP contribution in [0.3, 0.4) is 0 Å². The SMILES string of the molecule is CCCSC1=NN2C(=c3cc(Br)ccc3=N[C@H]2c2ccsc2)C(=O)N1. The summed E-state index contributed by atoms with van der Waals surface area (Å²) in [4.78, 5) is 17.7. The van der Waals surface area contributed by atoms with E-state index in [0.717, 1.165) is 32.8 Å². The first kappa shape index (κ1) is 16.8. The quantitative estimate of drug-likeness (QED) is 0.807. The van der Waals surface area contributed by atoms with Crippen molar-refractivity contribution in [1.82, 2.24) is 10.3 Å². The highest BCUT2D eigenvalue weighted by molar-refractivity contribution is 9.10. The summed E-state index contributed by atoms with van der Waals surface area (Å²) in [6, 6.07) is 7.82. The summed E-state index contributed by atoms with van der Waals surface area (Å²) in [5.74, 6) is 0.771. The Balaban J connectivity index is 1.92. The number of nitrogens with zero attached hydrogens (tertiary/aromatic N) is 3. The van der Waals surface area contributed by atoms with Crippen LogP contribution in [0.4, 0.5) is 0 Å². The van der Waals surface area contributed by atoms with Gasteiger partial charge in [-0.15, -0.1) is 5.10 Å². The summed E-state index contributed by atoms with van der Waals surface area (Å²) in [6.07, 6.45) is 0.697. The largest absolute Gasteiger partial charge is 0.298 e. The van der Waals surface area contributed by atoms with Crippen molar-refractivity contribution in [1.29, 1.82) is 0 Å². The zero-order chi connectivity index (χ0) is 17.4. The van der Waals surface area contributed by atoms with Gasteiger partial charge >= 0.3 is 0 Å². The van der Waals surface area contributed by atoms with Crippen LogP contribution in [0.2, 0.25) is 0 Å². The molecule has 4 rings (SSSR count). The van der Waals surface area contributed by atoms with E-state index in [4.69, 9.17) is 10.1 Å². The highest BCUT2D eigenvalue weighted by Gasteiger charge is 2.34. The van der Waals surface area contributed by atoms with Gasteiger partial charge in [0.05, 0.1) is 5.36 Å². The molecule has 0 saturated carbocycles. The van der Waals surface area contributed by atoms with E-state index in [2.05, 4.69) is 33.6 Å². The Morgan fingerprint density at radius 2 is 2.28 bits per heavy atom. The third-order valence-corrected chi connectivity index (χ3v) is 6.12. The second-order valence-electron chi connectivity index (χ2n) is 5.62. The summed E-state index contributed by atoms with van der Waals surface area (Å²) in [7, 11) is 0. The van der Waals surface area contributed by atoms with Crippen LogP contribution in [0, 0.1) is 0 Å². The molecule has 25 heavy (non-hydrogen) atoms. The Morgan fingerprint density at radius 3 is 3.04 bits per heavy atom. The van der Waals surface area contributed by atoms with Gasteiger partial charge in [0, 0.05) is 21.0 Å². The maximum absolute atomic E-state index is 12.9. The van der Waals surface area contributed by atoms with Crippen LogP contribution in [-0.4, -0.2) is 21.8 Å². The van der Waals surface area contributed by atoms with Crippen molar-refractivity contribution in [3.05, 3.63) is 55.6 Å². The minimum absolute atomic E-state index is 0.136. The third-order valence-electron chi connectivity index (χ3n) is 3.85. The lowest BCUT2D eigenvalue weighted by Gasteiger charge is -2.33. The van der Waals surface area contributed by atoms with E-state index >= 15 is 0 Å². The first-order chi connectivity index (χ1) is 12.2. The van der Waals surface area contributed by atoms with Gasteiger partial charge in [-0.25, -0.2) is 5.01 Å². The van der Waals surface area contributed by atoms with Crippen LogP contribution in [-0.2, 0) is 4.79 Å². The predicted octanol–water partition coefficient (Wildman–Crippen LogP) is 2.80. The fraction of sp³-hybridized carbons (Fsp3) is 0.235. The number of carbonyl (C=O) groups excluding carboxylic acids is 1. The number of rotatable bonds is 3. The molecule has 0 saturated heterocycles. The molecule has 2 aliphatic rings. The van der Waals surface area contributed by atoms with Gasteiger partial charge in [-0.3, -0.25) is 15.1 Å². The van der Waals surface area contributed by atoms with Gasteiger partial charge in [0.15, 0.2) is 11.3 Å². The van der Waals surface area contributed by atoms with E-state index in [1.54, 1.807) is 28.1 Å². The normalized spacial score (nSPS) is 18.9. The van der Waals surface area contributed by atoms with E-state index < -0.39 is 0 Å². The number of carbonyl (C=O) groups is 1. The zero-order valence-corrected chi connectivity index (χ0v) is 16.6. The Labute approximate surface area is 161 Å². The number of nitrogens with one attached hydrogen (secondary N) is 1.